The minimum Gasteiger partial charge on any atom is -0.472 e. The topological polar surface area (TPSA) is 175 Å². The highest BCUT2D eigenvalue weighted by atomic mass is 16.8. The standard InChI is InChI=1S/C17H26O11/c1-7(19)28-16(2)5-9(20)17(24)3-4-25-15(13(16)17)27-14-12(23)11(22)10(21)8(6-18)26-14/h3-4,8-15,18,20-24H,5-6H2,1-2H3/t8-,9+,10-,11+,12-,13+,14+,15-,16-,17+/m1/s1. The van der Waals surface area contributed by atoms with Gasteiger partial charge in [0.05, 0.1) is 24.9 Å². The maximum absolute atomic E-state index is 11.6. The van der Waals surface area contributed by atoms with Crippen molar-refractivity contribution in [3.63, 3.8) is 0 Å². The Bertz CT molecular complexity index is 624. The smallest absolute Gasteiger partial charge is 0.303 e. The Kier molecular flexibility index (Phi) is 5.73. The number of rotatable bonds is 4. The molecule has 11 heteroatoms. The van der Waals surface area contributed by atoms with Gasteiger partial charge in [0.2, 0.25) is 6.29 Å². The van der Waals surface area contributed by atoms with Crippen LogP contribution in [0.4, 0.5) is 0 Å². The van der Waals surface area contributed by atoms with Crippen LogP contribution in [-0.4, -0.2) is 97.5 Å². The summed E-state index contributed by atoms with van der Waals surface area (Å²) >= 11 is 0. The molecule has 6 N–H and O–H groups in total. The SMILES string of the molecule is CC(=O)O[C@]1(C)C[C@H](O)[C@@]2(O)C=CO[C@H](O[C@@H]3O[C@H](CO)[C@@H](O)[C@H](O)[C@H]3O)[C@H]21. The minimum atomic E-state index is -1.85. The molecule has 2 heterocycles. The Balaban J connectivity index is 1.87. The molecule has 1 saturated carbocycles. The van der Waals surface area contributed by atoms with Crippen LogP contribution in [0.25, 0.3) is 0 Å². The minimum absolute atomic E-state index is 0.101. The second-order valence-corrected chi connectivity index (χ2v) is 7.63. The van der Waals surface area contributed by atoms with Gasteiger partial charge in [-0.2, -0.15) is 0 Å². The van der Waals surface area contributed by atoms with Gasteiger partial charge in [-0.25, -0.2) is 0 Å². The molecule has 0 aromatic carbocycles. The summed E-state index contributed by atoms with van der Waals surface area (Å²) in [5, 5.41) is 60.6. The van der Waals surface area contributed by atoms with Crippen molar-refractivity contribution >= 4 is 5.97 Å². The summed E-state index contributed by atoms with van der Waals surface area (Å²) in [6.07, 6.45) is -8.06. The van der Waals surface area contributed by atoms with Gasteiger partial charge in [-0.05, 0) is 13.0 Å². The van der Waals surface area contributed by atoms with E-state index in [-0.39, 0.29) is 6.42 Å². The largest absolute Gasteiger partial charge is 0.472 e. The monoisotopic (exact) mass is 406 g/mol. The molecule has 0 amide bonds. The quantitative estimate of drug-likeness (QED) is 0.264. The van der Waals surface area contributed by atoms with Crippen LogP contribution in [-0.2, 0) is 23.7 Å². The third-order valence-corrected chi connectivity index (χ3v) is 5.60. The van der Waals surface area contributed by atoms with Gasteiger partial charge >= 0.3 is 5.97 Å². The molecule has 0 spiro atoms. The summed E-state index contributed by atoms with van der Waals surface area (Å²) in [4.78, 5) is 11.6. The van der Waals surface area contributed by atoms with E-state index in [2.05, 4.69) is 0 Å². The first-order valence-corrected chi connectivity index (χ1v) is 8.92. The molecule has 0 unspecified atom stereocenters. The lowest BCUT2D eigenvalue weighted by Crippen LogP contribution is -2.62. The number of carbonyl (C=O) groups excluding carboxylic acids is 1. The zero-order chi connectivity index (χ0) is 20.9. The van der Waals surface area contributed by atoms with E-state index < -0.39 is 72.8 Å². The number of ether oxygens (including phenoxy) is 4. The number of aliphatic hydroxyl groups excluding tert-OH is 5. The molecule has 2 aliphatic heterocycles. The average Bonchev–Trinajstić information content (AvgIpc) is 2.81. The van der Waals surface area contributed by atoms with Crippen LogP contribution in [0.3, 0.4) is 0 Å². The molecule has 2 fully saturated rings. The molecule has 3 rings (SSSR count). The molecule has 160 valence electrons. The van der Waals surface area contributed by atoms with Gasteiger partial charge in [0.15, 0.2) is 6.29 Å². The van der Waals surface area contributed by atoms with Crippen LogP contribution in [0.5, 0.6) is 0 Å². The highest BCUT2D eigenvalue weighted by molar-refractivity contribution is 5.66. The predicted molar refractivity (Wildman–Crippen MR) is 88.1 cm³/mol. The van der Waals surface area contributed by atoms with E-state index in [4.69, 9.17) is 18.9 Å². The molecule has 1 aliphatic carbocycles. The molecular formula is C17H26O11. The van der Waals surface area contributed by atoms with Crippen LogP contribution in [0, 0.1) is 5.92 Å². The van der Waals surface area contributed by atoms with Crippen molar-refractivity contribution in [3.05, 3.63) is 12.3 Å². The van der Waals surface area contributed by atoms with E-state index in [0.29, 0.717) is 0 Å². The third kappa shape index (κ3) is 3.42. The van der Waals surface area contributed by atoms with Gasteiger partial charge in [0.1, 0.15) is 35.6 Å². The van der Waals surface area contributed by atoms with Crippen molar-refractivity contribution in [2.45, 2.75) is 74.6 Å². The molecule has 28 heavy (non-hydrogen) atoms. The highest BCUT2D eigenvalue weighted by Gasteiger charge is 2.66. The first-order chi connectivity index (χ1) is 13.0. The van der Waals surface area contributed by atoms with Crippen molar-refractivity contribution in [3.8, 4) is 0 Å². The molecule has 0 radical (unpaired) electrons. The van der Waals surface area contributed by atoms with Crippen molar-refractivity contribution in [2.75, 3.05) is 6.61 Å². The van der Waals surface area contributed by atoms with E-state index in [0.717, 1.165) is 6.26 Å². The first kappa shape index (κ1) is 21.4. The fourth-order valence-corrected chi connectivity index (χ4v) is 4.25. The summed E-state index contributed by atoms with van der Waals surface area (Å²) < 4.78 is 21.7. The molecule has 0 bridgehead atoms. The second-order valence-electron chi connectivity index (χ2n) is 7.63. The number of fused-ring (bicyclic) bond motifs is 1. The summed E-state index contributed by atoms with van der Waals surface area (Å²) in [7, 11) is 0. The lowest BCUT2D eigenvalue weighted by atomic mass is 9.81. The van der Waals surface area contributed by atoms with Crippen LogP contribution in [0.15, 0.2) is 12.3 Å². The van der Waals surface area contributed by atoms with Crippen LogP contribution in [0.2, 0.25) is 0 Å². The molecule has 3 aliphatic rings. The lowest BCUT2D eigenvalue weighted by molar-refractivity contribution is -0.351. The average molecular weight is 406 g/mol. The van der Waals surface area contributed by atoms with Crippen molar-refractivity contribution in [1.29, 1.82) is 0 Å². The number of esters is 1. The van der Waals surface area contributed by atoms with Crippen molar-refractivity contribution in [1.82, 2.24) is 0 Å². The number of carbonyl (C=O) groups is 1. The fraction of sp³-hybridized carbons (Fsp3) is 0.824. The Morgan fingerprint density at radius 2 is 1.86 bits per heavy atom. The Labute approximate surface area is 160 Å². The lowest BCUT2D eigenvalue weighted by Gasteiger charge is -2.45. The molecular weight excluding hydrogens is 380 g/mol. The predicted octanol–water partition coefficient (Wildman–Crippen LogP) is -2.89. The summed E-state index contributed by atoms with van der Waals surface area (Å²) in [5.41, 5.74) is -3.22. The van der Waals surface area contributed by atoms with E-state index in [1.165, 1.54) is 19.9 Å². The van der Waals surface area contributed by atoms with Gasteiger partial charge in [-0.3, -0.25) is 4.79 Å². The molecule has 0 aromatic heterocycles. The Morgan fingerprint density at radius 3 is 2.46 bits per heavy atom. The zero-order valence-corrected chi connectivity index (χ0v) is 15.4. The second kappa shape index (κ2) is 7.50. The molecule has 11 nitrogen and oxygen atoms in total. The fourth-order valence-electron chi connectivity index (χ4n) is 4.25. The number of hydrogen-bond acceptors (Lipinski definition) is 11. The van der Waals surface area contributed by atoms with Gasteiger partial charge in [-0.1, -0.05) is 0 Å². The van der Waals surface area contributed by atoms with E-state index in [1.54, 1.807) is 0 Å². The Morgan fingerprint density at radius 1 is 1.18 bits per heavy atom. The van der Waals surface area contributed by atoms with Crippen LogP contribution < -0.4 is 0 Å². The van der Waals surface area contributed by atoms with Crippen molar-refractivity contribution < 1.29 is 54.4 Å². The van der Waals surface area contributed by atoms with Gasteiger partial charge in [-0.15, -0.1) is 0 Å². The van der Waals surface area contributed by atoms with Gasteiger partial charge in [0.25, 0.3) is 0 Å². The van der Waals surface area contributed by atoms with Crippen LogP contribution >= 0.6 is 0 Å². The summed E-state index contributed by atoms with van der Waals surface area (Å²) in [6.45, 7) is 2.04. The summed E-state index contributed by atoms with van der Waals surface area (Å²) in [5.74, 6) is -1.74. The molecule has 0 aromatic rings. The van der Waals surface area contributed by atoms with E-state index in [1.807, 2.05) is 0 Å². The summed E-state index contributed by atoms with van der Waals surface area (Å²) in [6, 6.07) is 0. The number of hydrogen-bond donors (Lipinski definition) is 6. The first-order valence-electron chi connectivity index (χ1n) is 8.92. The van der Waals surface area contributed by atoms with E-state index in [9.17, 15) is 35.4 Å². The highest BCUT2D eigenvalue weighted by Crippen LogP contribution is 2.51. The Hall–Kier alpha value is -1.31. The third-order valence-electron chi connectivity index (χ3n) is 5.60. The normalized spacial score (nSPS) is 50.7. The van der Waals surface area contributed by atoms with E-state index >= 15 is 0 Å². The van der Waals surface area contributed by atoms with Gasteiger partial charge < -0.3 is 49.6 Å². The maximum atomic E-state index is 11.6. The number of aliphatic hydroxyl groups is 6. The molecule has 1 saturated heterocycles. The molecule has 10 atom stereocenters. The zero-order valence-electron chi connectivity index (χ0n) is 15.4. The maximum Gasteiger partial charge on any atom is 0.303 e. The van der Waals surface area contributed by atoms with Crippen LogP contribution in [0.1, 0.15) is 20.3 Å². The van der Waals surface area contributed by atoms with Gasteiger partial charge in [0, 0.05) is 13.3 Å². The van der Waals surface area contributed by atoms with Crippen molar-refractivity contribution in [2.24, 2.45) is 5.92 Å².